The topological polar surface area (TPSA) is 84.0 Å². The monoisotopic (exact) mass is 349 g/mol. The standard InChI is InChI=1S/C17H23N3O3S/c1-5-7-12(13-8-6-9-14(21)23-13)19-16(22)17(3)10-24-15(20-17)11(2)18-4/h6,8-9,12H,5,7,10H2,1-4H3,(H,19,22)/t12-,17?/m1/s1. The minimum absolute atomic E-state index is 0.168. The van der Waals surface area contributed by atoms with E-state index in [0.29, 0.717) is 17.9 Å². The number of thioether (sulfide) groups is 1. The Balaban J connectivity index is 2.19. The number of carbonyl (C=O) groups is 1. The van der Waals surface area contributed by atoms with Gasteiger partial charge in [-0.3, -0.25) is 14.8 Å². The first-order chi connectivity index (χ1) is 11.4. The largest absolute Gasteiger partial charge is 0.426 e. The zero-order valence-electron chi connectivity index (χ0n) is 14.5. The van der Waals surface area contributed by atoms with E-state index in [-0.39, 0.29) is 11.9 Å². The molecule has 24 heavy (non-hydrogen) atoms. The lowest BCUT2D eigenvalue weighted by molar-refractivity contribution is -0.125. The van der Waals surface area contributed by atoms with Crippen molar-refractivity contribution in [1.82, 2.24) is 5.32 Å². The van der Waals surface area contributed by atoms with Gasteiger partial charge in [-0.25, -0.2) is 4.79 Å². The number of nitrogens with zero attached hydrogens (tertiary/aromatic N) is 2. The van der Waals surface area contributed by atoms with Gasteiger partial charge in [0.25, 0.3) is 0 Å². The molecule has 1 aliphatic rings. The van der Waals surface area contributed by atoms with E-state index in [9.17, 15) is 9.59 Å². The molecule has 2 heterocycles. The number of hydrogen-bond acceptors (Lipinski definition) is 6. The molecule has 7 heteroatoms. The summed E-state index contributed by atoms with van der Waals surface area (Å²) in [5.41, 5.74) is -0.427. The molecule has 0 radical (unpaired) electrons. The van der Waals surface area contributed by atoms with Gasteiger partial charge in [0.05, 0.1) is 11.8 Å². The van der Waals surface area contributed by atoms with Crippen LogP contribution in [0, 0.1) is 0 Å². The number of amides is 1. The van der Waals surface area contributed by atoms with Gasteiger partial charge < -0.3 is 9.73 Å². The predicted octanol–water partition coefficient (Wildman–Crippen LogP) is 2.59. The van der Waals surface area contributed by atoms with Crippen LogP contribution in [0.5, 0.6) is 0 Å². The van der Waals surface area contributed by atoms with Gasteiger partial charge in [0, 0.05) is 18.9 Å². The van der Waals surface area contributed by atoms with Crippen molar-refractivity contribution in [3.8, 4) is 0 Å². The maximum Gasteiger partial charge on any atom is 0.335 e. The summed E-state index contributed by atoms with van der Waals surface area (Å²) >= 11 is 1.53. The van der Waals surface area contributed by atoms with Gasteiger partial charge >= 0.3 is 5.63 Å². The third-order valence-electron chi connectivity index (χ3n) is 3.91. The number of rotatable bonds is 6. The first-order valence-electron chi connectivity index (χ1n) is 7.97. The molecule has 0 bridgehead atoms. The lowest BCUT2D eigenvalue weighted by Gasteiger charge is -2.23. The Morgan fingerprint density at radius 2 is 2.29 bits per heavy atom. The molecule has 1 aliphatic heterocycles. The highest BCUT2D eigenvalue weighted by molar-refractivity contribution is 8.16. The Morgan fingerprint density at radius 3 is 2.92 bits per heavy atom. The normalized spacial score (nSPS) is 22.2. The molecule has 0 saturated carbocycles. The molecule has 2 rings (SSSR count). The Kier molecular flexibility index (Phi) is 5.99. The third kappa shape index (κ3) is 4.14. The summed E-state index contributed by atoms with van der Waals surface area (Å²) in [6.07, 6.45) is 1.54. The highest BCUT2D eigenvalue weighted by Crippen LogP contribution is 2.30. The highest BCUT2D eigenvalue weighted by Gasteiger charge is 2.39. The lowest BCUT2D eigenvalue weighted by atomic mass is 10.0. The second-order valence-corrected chi connectivity index (χ2v) is 6.92. The first kappa shape index (κ1) is 18.4. The van der Waals surface area contributed by atoms with Crippen molar-refractivity contribution < 1.29 is 9.21 Å². The average molecular weight is 349 g/mol. The van der Waals surface area contributed by atoms with Gasteiger partial charge in [0.1, 0.15) is 16.3 Å². The molecule has 1 N–H and O–H groups in total. The van der Waals surface area contributed by atoms with Crippen molar-refractivity contribution in [2.75, 3.05) is 12.8 Å². The summed E-state index contributed by atoms with van der Waals surface area (Å²) in [6.45, 7) is 5.72. The van der Waals surface area contributed by atoms with Crippen molar-refractivity contribution >= 4 is 28.4 Å². The van der Waals surface area contributed by atoms with Gasteiger partial charge in [-0.1, -0.05) is 19.4 Å². The first-order valence-corrected chi connectivity index (χ1v) is 8.95. The van der Waals surface area contributed by atoms with Crippen LogP contribution >= 0.6 is 11.8 Å². The molecule has 6 nitrogen and oxygen atoms in total. The Bertz CT molecular complexity index is 726. The zero-order chi connectivity index (χ0) is 17.7. The maximum atomic E-state index is 12.8. The van der Waals surface area contributed by atoms with Crippen LogP contribution in [0.4, 0.5) is 0 Å². The number of nitrogens with one attached hydrogen (secondary N) is 1. The second-order valence-electron chi connectivity index (χ2n) is 5.95. The molecule has 2 atom stereocenters. The summed E-state index contributed by atoms with van der Waals surface area (Å²) in [6, 6.07) is 4.38. The Labute approximate surface area is 145 Å². The molecule has 1 aromatic heterocycles. The molecule has 1 aromatic rings. The van der Waals surface area contributed by atoms with E-state index in [1.54, 1.807) is 19.2 Å². The van der Waals surface area contributed by atoms with Crippen molar-refractivity contribution in [3.05, 3.63) is 34.4 Å². The molecule has 0 aromatic carbocycles. The number of hydrogen-bond donors (Lipinski definition) is 1. The van der Waals surface area contributed by atoms with E-state index in [2.05, 4.69) is 15.3 Å². The van der Waals surface area contributed by atoms with E-state index in [1.165, 1.54) is 17.8 Å². The smallest absolute Gasteiger partial charge is 0.335 e. The van der Waals surface area contributed by atoms with Gasteiger partial charge in [0.15, 0.2) is 0 Å². The van der Waals surface area contributed by atoms with E-state index >= 15 is 0 Å². The Morgan fingerprint density at radius 1 is 1.54 bits per heavy atom. The van der Waals surface area contributed by atoms with Gasteiger partial charge in [-0.15, -0.1) is 11.8 Å². The maximum absolute atomic E-state index is 12.8. The van der Waals surface area contributed by atoms with Crippen molar-refractivity contribution in [2.45, 2.75) is 45.2 Å². The fourth-order valence-electron chi connectivity index (χ4n) is 2.38. The van der Waals surface area contributed by atoms with Crippen molar-refractivity contribution in [2.24, 2.45) is 9.98 Å². The van der Waals surface area contributed by atoms with Crippen molar-refractivity contribution in [1.29, 1.82) is 0 Å². The molecular weight excluding hydrogens is 326 g/mol. The average Bonchev–Trinajstić information content (AvgIpc) is 2.97. The van der Waals surface area contributed by atoms with Crippen LogP contribution in [0.3, 0.4) is 0 Å². The fraction of sp³-hybridized carbons (Fsp3) is 0.529. The van der Waals surface area contributed by atoms with Crippen LogP contribution in [0.15, 0.2) is 37.4 Å². The predicted molar refractivity (Wildman–Crippen MR) is 98.1 cm³/mol. The van der Waals surface area contributed by atoms with Crippen LogP contribution in [0.25, 0.3) is 0 Å². The molecule has 1 amide bonds. The highest BCUT2D eigenvalue weighted by atomic mass is 32.2. The quantitative estimate of drug-likeness (QED) is 0.800. The van der Waals surface area contributed by atoms with E-state index < -0.39 is 11.2 Å². The summed E-state index contributed by atoms with van der Waals surface area (Å²) < 4.78 is 5.23. The summed E-state index contributed by atoms with van der Waals surface area (Å²) in [5, 5.41) is 3.79. The summed E-state index contributed by atoms with van der Waals surface area (Å²) in [5.74, 6) is 0.875. The van der Waals surface area contributed by atoms with Gasteiger partial charge in [-0.2, -0.15) is 0 Å². The molecular formula is C17H23N3O3S. The summed E-state index contributed by atoms with van der Waals surface area (Å²) in [4.78, 5) is 32.9. The van der Waals surface area contributed by atoms with Crippen LogP contribution in [0.2, 0.25) is 0 Å². The summed E-state index contributed by atoms with van der Waals surface area (Å²) in [7, 11) is 1.71. The van der Waals surface area contributed by atoms with Gasteiger partial charge in [0.2, 0.25) is 5.91 Å². The third-order valence-corrected chi connectivity index (χ3v) is 5.28. The minimum Gasteiger partial charge on any atom is -0.426 e. The van der Waals surface area contributed by atoms with Crippen LogP contribution in [-0.4, -0.2) is 35.0 Å². The van der Waals surface area contributed by atoms with Gasteiger partial charge in [-0.05, 0) is 26.3 Å². The zero-order valence-corrected chi connectivity index (χ0v) is 15.3. The van der Waals surface area contributed by atoms with Crippen LogP contribution in [0.1, 0.15) is 45.4 Å². The molecule has 0 spiro atoms. The van der Waals surface area contributed by atoms with Crippen LogP contribution < -0.4 is 10.9 Å². The van der Waals surface area contributed by atoms with E-state index in [0.717, 1.165) is 17.2 Å². The number of carbonyl (C=O) groups excluding carboxylic acids is 1. The Hall–Kier alpha value is -1.89. The van der Waals surface area contributed by atoms with Crippen LogP contribution in [-0.2, 0) is 4.79 Å². The SMILES string of the molecule is CCC[C@@H](NC(=O)C1(C)CSC(C(C)=NC)=N1)c1cccc(=O)o1. The van der Waals surface area contributed by atoms with Crippen molar-refractivity contribution in [3.63, 3.8) is 0 Å². The van der Waals surface area contributed by atoms with E-state index in [4.69, 9.17) is 4.42 Å². The van der Waals surface area contributed by atoms with E-state index in [1.807, 2.05) is 20.8 Å². The number of aliphatic imine (C=N–C) groups is 2. The molecule has 0 aliphatic carbocycles. The molecule has 0 fully saturated rings. The molecule has 130 valence electrons. The fourth-order valence-corrected chi connectivity index (χ4v) is 3.56. The lowest BCUT2D eigenvalue weighted by Crippen LogP contribution is -2.45. The minimum atomic E-state index is -0.840. The molecule has 1 unspecified atom stereocenters. The second kappa shape index (κ2) is 7.79. The molecule has 0 saturated heterocycles.